The Bertz CT molecular complexity index is 4530. The molecule has 34 nitrogen and oxygen atoms in total. The van der Waals surface area contributed by atoms with Crippen LogP contribution in [-0.2, 0) is 48.4 Å². The van der Waals surface area contributed by atoms with Gasteiger partial charge in [-0.3, -0.25) is 38.4 Å². The number of likely N-dealkylation sites (N-methyl/N-ethyl adjacent to an activating group) is 1. The summed E-state index contributed by atoms with van der Waals surface area (Å²) in [6, 6.07) is -1.17. The number of aromatic hydroxyl groups is 1. The number of nitrogens with one attached hydrogen (secondary N) is 10. The molecular weight excluding hydrogens is 1620 g/mol. The van der Waals surface area contributed by atoms with Crippen molar-refractivity contribution in [1.29, 1.82) is 0 Å². The van der Waals surface area contributed by atoms with Crippen LogP contribution in [0.3, 0.4) is 0 Å². The number of carbonyl (C=O) groups is 8. The molecule has 3 aromatic carbocycles. The lowest BCUT2D eigenvalue weighted by Crippen LogP contribution is -2.64. The quantitative estimate of drug-likeness (QED) is 0.0421. The fourth-order valence-electron chi connectivity index (χ4n) is 20.2. The van der Waals surface area contributed by atoms with Crippen LogP contribution in [0.4, 0.5) is 0 Å². The Morgan fingerprint density at radius 2 is 1.40 bits per heavy atom. The molecule has 8 amide bonds. The van der Waals surface area contributed by atoms with Crippen molar-refractivity contribution in [2.24, 2.45) is 70.6 Å². The molecule has 5 heterocycles. The maximum Gasteiger partial charge on any atom is 0.248 e. The molecule has 0 saturated heterocycles. The third-order valence-electron chi connectivity index (χ3n) is 26.6. The molecular formula is C86H119ClN12O22S. The summed E-state index contributed by atoms with van der Waals surface area (Å²) in [5.74, 6) is -15.7. The van der Waals surface area contributed by atoms with Crippen LogP contribution >= 0.6 is 11.6 Å². The number of carbonyl (C=O) groups excluding carboxylic acids is 8. The van der Waals surface area contributed by atoms with Crippen molar-refractivity contribution in [2.45, 2.75) is 245 Å². The molecule has 36 heteroatoms. The fourth-order valence-corrected chi connectivity index (χ4v) is 21.5. The van der Waals surface area contributed by atoms with Gasteiger partial charge in [0.15, 0.2) is 11.5 Å². The second kappa shape index (κ2) is 39.2. The van der Waals surface area contributed by atoms with E-state index >= 15 is 28.8 Å². The van der Waals surface area contributed by atoms with E-state index in [0.717, 1.165) is 63.9 Å². The molecule has 15 bridgehead atoms. The number of aliphatic hydroxyl groups is 7. The zero-order valence-electron chi connectivity index (χ0n) is 69.2. The molecule has 0 spiro atoms. The molecule has 5 fully saturated rings. The summed E-state index contributed by atoms with van der Waals surface area (Å²) >= 11 is 7.36. The molecule has 122 heavy (non-hydrogen) atoms. The Morgan fingerprint density at radius 3 is 2.07 bits per heavy atom. The van der Waals surface area contributed by atoms with Gasteiger partial charge in [0.1, 0.15) is 78.3 Å². The minimum Gasteiger partial charge on any atom is -0.512 e. The van der Waals surface area contributed by atoms with Crippen LogP contribution < -0.4 is 83.0 Å². The number of unbranched alkanes of at least 4 members (excludes halogenated alkanes) is 3. The number of hydrogen-bond acceptors (Lipinski definition) is 25. The number of nitrogens with two attached hydrogens (primary N) is 2. The average Bonchev–Trinajstić information content (AvgIpc) is 0.756. The van der Waals surface area contributed by atoms with E-state index < -0.39 is 214 Å². The molecule has 8 aliphatic carbocycles. The average molecular weight is 1740 g/mol. The number of sulfonamides is 1. The summed E-state index contributed by atoms with van der Waals surface area (Å²) in [6.45, 7) is 7.29. The smallest absolute Gasteiger partial charge is 0.248 e. The highest BCUT2D eigenvalue weighted by atomic mass is 35.5. The largest absolute Gasteiger partial charge is 0.512 e. The van der Waals surface area contributed by atoms with Gasteiger partial charge >= 0.3 is 0 Å². The lowest BCUT2D eigenvalue weighted by Gasteiger charge is -2.54. The van der Waals surface area contributed by atoms with Crippen molar-refractivity contribution in [1.82, 2.24) is 52.6 Å². The van der Waals surface area contributed by atoms with Gasteiger partial charge in [-0.15, -0.1) is 0 Å². The molecule has 5 aliphatic heterocycles. The number of benzene rings is 3. The predicted octanol–water partition coefficient (Wildman–Crippen LogP) is 1.41. The molecule has 3 aromatic rings. The van der Waals surface area contributed by atoms with Gasteiger partial charge in [0, 0.05) is 72.8 Å². The molecule has 22 N–H and O–H groups in total. The number of allylic oxidation sites excluding steroid dienone is 1. The number of hydrogen-bond donors (Lipinski definition) is 20. The summed E-state index contributed by atoms with van der Waals surface area (Å²) in [6.07, 6.45) is -2.96. The van der Waals surface area contributed by atoms with Crippen LogP contribution in [0.5, 0.6) is 28.7 Å². The van der Waals surface area contributed by atoms with Crippen molar-refractivity contribution in [3.05, 3.63) is 106 Å². The zero-order valence-corrected chi connectivity index (χ0v) is 70.7. The Hall–Kier alpha value is -8.72. The van der Waals surface area contributed by atoms with E-state index in [4.69, 9.17) is 42.0 Å². The number of amides is 8. The van der Waals surface area contributed by atoms with Crippen molar-refractivity contribution in [3.8, 4) is 28.7 Å². The highest BCUT2D eigenvalue weighted by Crippen LogP contribution is 2.55. The Labute approximate surface area is 714 Å². The maximum absolute atomic E-state index is 16.5. The van der Waals surface area contributed by atoms with Gasteiger partial charge in [0.25, 0.3) is 0 Å². The monoisotopic (exact) mass is 1740 g/mol. The van der Waals surface area contributed by atoms with Gasteiger partial charge in [-0.05, 0) is 185 Å². The van der Waals surface area contributed by atoms with E-state index in [2.05, 4.69) is 59.5 Å². The number of primary amides is 1. The second-order valence-electron chi connectivity index (χ2n) is 35.5. The van der Waals surface area contributed by atoms with Gasteiger partial charge < -0.3 is 119 Å². The molecule has 16 rings (SSSR count). The van der Waals surface area contributed by atoms with Gasteiger partial charge in [0.05, 0.1) is 59.2 Å². The summed E-state index contributed by atoms with van der Waals surface area (Å²) < 4.78 is 56.4. The minimum atomic E-state index is -4.09. The number of halogens is 1. The normalized spacial score (nSPS) is 34.2. The molecule has 668 valence electrons. The second-order valence-corrected chi connectivity index (χ2v) is 37.7. The fraction of sp³-hybridized carbons (Fsp3) is 0.628. The van der Waals surface area contributed by atoms with Crippen molar-refractivity contribution >= 4 is 68.9 Å². The van der Waals surface area contributed by atoms with E-state index in [0.29, 0.717) is 24.2 Å². The van der Waals surface area contributed by atoms with Gasteiger partial charge in [-0.25, -0.2) is 13.1 Å². The zero-order chi connectivity index (χ0) is 87.4. The number of phenolic OH excluding ortho intramolecular Hbond substituents is 1. The SMILES string of the molecule is CCCCCCOc1ccc(S(=O)(=O)NCCNCC2=C(O)CC3C(c4cc(ccc4O)[C@H]4NC(=O)[C@@H]5NC(=O)[C@H](CC(N)=O)NC(=O)[C@H](NC(=O)[C@@H](CC(C)C)NC)[C@H](O)[C@H]6C=C[C@@H](Oc7cc5cc(c7O[C@@H]5C[C@H](CN)[C@@H](O)[C@H](O)[C@H]5O)O[C@@H]5CC[C@@H](C=C5Cl)[C@@H](O)[C@H](NC4=O)C(=O)N[C@@H]3C(=O)NC3C4CC5CC(C4)CC3C5)[C@H](C)C6)[C@H]2O)cc1. The Kier molecular flexibility index (Phi) is 29.3. The van der Waals surface area contributed by atoms with Crippen LogP contribution in [-0.4, -0.2) is 228 Å². The number of rotatable bonds is 25. The summed E-state index contributed by atoms with van der Waals surface area (Å²) in [5.41, 5.74) is 11.3. The molecule has 0 aromatic heterocycles. The topological polar surface area (TPSA) is 542 Å². The summed E-state index contributed by atoms with van der Waals surface area (Å²) in [5, 5.41) is 123. The summed E-state index contributed by atoms with van der Waals surface area (Å²) in [7, 11) is -2.55. The molecule has 2 unspecified atom stereocenters. The van der Waals surface area contributed by atoms with E-state index in [9.17, 15) is 58.9 Å². The standard InChI is InChI=1S/C86H119ClN12O22S/c1-6-7-8-9-22-118-50-13-15-51(16-14-50)122(116,117)92-21-20-91-38-54-59(101)35-53-66(76(54)106)52-30-43(10-17-58(52)100)68-82(111)99-72(86(115)97-70(53)84(113)94-67-46-26-41-25-42(28-46)29-47(67)27-41)74(104)45-12-19-61(55(87)31-45)120-64-33-48-32-63(79(64)121-62-34-49(37-88)75(105)78(108)77(62)107)119-60-18-11-44(24-40(60)4)73(103)71(98-80(109)56(90-5)23-39(2)3)85(114)93-57(36-65(89)102)81(110)95-69(48)83(112)96-68/h10-11,13-18,30-33,39-42,44-47,49,53,56-57,60-62,66-78,90-92,100-101,103-108H,6-9,12,19-29,34-38,88H2,1-5H3,(H2,89,102)(H,93,114)(H,94,113)(H,95,110)(H,96,112)(H,97,115)(H,98,109)(H,99,111)/t40-,41?,42?,44+,45+,46?,47?,49-,53?,56-,57+,60-,61-,62-,66?,67?,68-,69-,70+,71-,72+,73-,74-,75-,76+,77+,78+/m1/s1. The lowest BCUT2D eigenvalue weighted by atomic mass is 9.54. The first-order chi connectivity index (χ1) is 58.2. The molecule has 22 atom stereocenters. The number of ether oxygens (including phenoxy) is 4. The van der Waals surface area contributed by atoms with Crippen LogP contribution in [0, 0.1) is 59.2 Å². The third-order valence-corrected chi connectivity index (χ3v) is 28.4. The van der Waals surface area contributed by atoms with Crippen molar-refractivity contribution < 1.29 is 107 Å². The van der Waals surface area contributed by atoms with E-state index in [1.54, 1.807) is 31.2 Å². The lowest BCUT2D eigenvalue weighted by molar-refractivity contribution is -0.149. The molecule has 13 aliphatic rings. The number of phenols is 1. The molecule has 0 radical (unpaired) electrons. The van der Waals surface area contributed by atoms with Gasteiger partial charge in [0.2, 0.25) is 63.0 Å². The van der Waals surface area contributed by atoms with Crippen LogP contribution in [0.2, 0.25) is 0 Å². The summed E-state index contributed by atoms with van der Waals surface area (Å²) in [4.78, 5) is 123. The van der Waals surface area contributed by atoms with Gasteiger partial charge in [-0.2, -0.15) is 0 Å². The van der Waals surface area contributed by atoms with Crippen molar-refractivity contribution in [2.75, 3.05) is 39.8 Å². The number of aliphatic hydroxyl groups excluding tert-OH is 7. The van der Waals surface area contributed by atoms with E-state index in [-0.39, 0.29) is 132 Å². The van der Waals surface area contributed by atoms with Gasteiger partial charge in [-0.1, -0.05) is 76.8 Å². The first kappa shape index (κ1) is 91.0. The minimum absolute atomic E-state index is 0.0340. The van der Waals surface area contributed by atoms with Crippen LogP contribution in [0.1, 0.15) is 165 Å². The highest BCUT2D eigenvalue weighted by Gasteiger charge is 2.54. The molecule has 5 saturated carbocycles. The highest BCUT2D eigenvalue weighted by molar-refractivity contribution is 7.89. The third kappa shape index (κ3) is 20.3. The maximum atomic E-state index is 16.5. The Morgan fingerprint density at radius 1 is 0.713 bits per heavy atom. The van der Waals surface area contributed by atoms with Crippen LogP contribution in [0.25, 0.3) is 0 Å². The first-order valence-electron chi connectivity index (χ1n) is 43.0. The van der Waals surface area contributed by atoms with E-state index in [1.807, 2.05) is 13.8 Å². The first-order valence-corrected chi connectivity index (χ1v) is 44.8. The van der Waals surface area contributed by atoms with Crippen molar-refractivity contribution in [3.63, 3.8) is 0 Å². The number of fused-ring (bicyclic) bond motifs is 13. The van der Waals surface area contributed by atoms with Crippen LogP contribution in [0.15, 0.2) is 94.1 Å². The predicted molar refractivity (Wildman–Crippen MR) is 443 cm³/mol. The van der Waals surface area contributed by atoms with E-state index in [1.165, 1.54) is 49.5 Å². The Balaban J connectivity index is 0.928.